The van der Waals surface area contributed by atoms with Crippen LogP contribution in [0.25, 0.3) is 0 Å². The van der Waals surface area contributed by atoms with Crippen LogP contribution in [0.2, 0.25) is 0 Å². The Morgan fingerprint density at radius 1 is 1.42 bits per heavy atom. The van der Waals surface area contributed by atoms with Crippen molar-refractivity contribution in [3.8, 4) is 0 Å². The van der Waals surface area contributed by atoms with Crippen LogP contribution in [-0.2, 0) is 24.7 Å². The van der Waals surface area contributed by atoms with E-state index in [-0.39, 0.29) is 24.5 Å². The summed E-state index contributed by atoms with van der Waals surface area (Å²) in [4.78, 5) is 11.0. The van der Waals surface area contributed by atoms with Gasteiger partial charge in [-0.05, 0) is 18.8 Å². The Balaban J connectivity index is 2.81. The first-order valence-corrected chi connectivity index (χ1v) is 9.34. The van der Waals surface area contributed by atoms with E-state index in [9.17, 15) is 21.6 Å². The normalized spacial score (nSPS) is 24.5. The van der Waals surface area contributed by atoms with E-state index in [1.807, 2.05) is 0 Å². The maximum absolute atomic E-state index is 12.0. The van der Waals surface area contributed by atoms with E-state index in [0.29, 0.717) is 0 Å². The van der Waals surface area contributed by atoms with Crippen LogP contribution in [0, 0.1) is 5.92 Å². The van der Waals surface area contributed by atoms with E-state index in [0.717, 1.165) is 0 Å². The van der Waals surface area contributed by atoms with Crippen molar-refractivity contribution in [3.63, 3.8) is 0 Å². The van der Waals surface area contributed by atoms with Crippen LogP contribution in [0.3, 0.4) is 0 Å². The lowest BCUT2D eigenvalue weighted by Crippen LogP contribution is -2.46. The quantitative estimate of drug-likeness (QED) is 0.688. The summed E-state index contributed by atoms with van der Waals surface area (Å²) in [6.45, 7) is 3.56. The van der Waals surface area contributed by atoms with Crippen molar-refractivity contribution < 1.29 is 26.7 Å². The maximum atomic E-state index is 12.0. The van der Waals surface area contributed by atoms with Crippen molar-refractivity contribution in [2.24, 2.45) is 5.92 Å². The van der Waals surface area contributed by atoms with Crippen LogP contribution in [0.5, 0.6) is 0 Å². The van der Waals surface area contributed by atoms with Crippen LogP contribution >= 0.6 is 0 Å². The SMILES string of the molecule is CC(C)C[C@@H](NS(=O)(=O)C1CCS(=O)(=O)C1)C(=O)O. The molecule has 0 radical (unpaired) electrons. The number of nitrogens with one attached hydrogen (secondary N) is 1. The molecule has 0 amide bonds. The molecular formula is C10H19NO6S2. The van der Waals surface area contributed by atoms with Gasteiger partial charge in [-0.3, -0.25) is 4.79 Å². The van der Waals surface area contributed by atoms with Crippen molar-refractivity contribution in [2.45, 2.75) is 38.0 Å². The molecule has 0 aromatic carbocycles. The molecule has 0 aromatic heterocycles. The van der Waals surface area contributed by atoms with E-state index in [1.165, 1.54) is 0 Å². The molecule has 2 N–H and O–H groups in total. The first-order valence-electron chi connectivity index (χ1n) is 5.98. The zero-order valence-corrected chi connectivity index (χ0v) is 12.5. The van der Waals surface area contributed by atoms with Gasteiger partial charge in [-0.1, -0.05) is 13.8 Å². The lowest BCUT2D eigenvalue weighted by molar-refractivity contribution is -0.139. The molecule has 9 heteroatoms. The summed E-state index contributed by atoms with van der Waals surface area (Å²) < 4.78 is 48.6. The number of rotatable bonds is 6. The third-order valence-electron chi connectivity index (χ3n) is 2.94. The predicted octanol–water partition coefficient (Wildman–Crippen LogP) is -0.408. The summed E-state index contributed by atoms with van der Waals surface area (Å²) >= 11 is 0. The molecule has 1 aliphatic rings. The second kappa shape index (κ2) is 5.76. The first kappa shape index (κ1) is 16.4. The van der Waals surface area contributed by atoms with Gasteiger partial charge in [0.05, 0.1) is 16.8 Å². The van der Waals surface area contributed by atoms with Gasteiger partial charge < -0.3 is 5.11 Å². The summed E-state index contributed by atoms with van der Waals surface area (Å²) in [5.41, 5.74) is 0. The molecule has 1 heterocycles. The fourth-order valence-corrected chi connectivity index (χ4v) is 6.22. The highest BCUT2D eigenvalue weighted by molar-refractivity contribution is 7.95. The molecule has 1 fully saturated rings. The Kier molecular flexibility index (Phi) is 4.97. The van der Waals surface area contributed by atoms with Crippen LogP contribution in [0.1, 0.15) is 26.7 Å². The van der Waals surface area contributed by atoms with Gasteiger partial charge in [-0.15, -0.1) is 0 Å². The highest BCUT2D eigenvalue weighted by Gasteiger charge is 2.39. The fraction of sp³-hybridized carbons (Fsp3) is 0.900. The predicted molar refractivity (Wildman–Crippen MR) is 70.0 cm³/mol. The number of carboxylic acids is 1. The Hall–Kier alpha value is -0.670. The summed E-state index contributed by atoms with van der Waals surface area (Å²) in [5, 5.41) is 7.94. The number of carbonyl (C=O) groups is 1. The smallest absolute Gasteiger partial charge is 0.321 e. The van der Waals surface area contributed by atoms with Crippen LogP contribution in [0.4, 0.5) is 0 Å². The van der Waals surface area contributed by atoms with Gasteiger partial charge >= 0.3 is 5.97 Å². The maximum Gasteiger partial charge on any atom is 0.321 e. The highest BCUT2D eigenvalue weighted by Crippen LogP contribution is 2.19. The average molecular weight is 313 g/mol. The van der Waals surface area contributed by atoms with E-state index in [1.54, 1.807) is 13.8 Å². The minimum Gasteiger partial charge on any atom is -0.480 e. The lowest BCUT2D eigenvalue weighted by atomic mass is 10.1. The van der Waals surface area contributed by atoms with E-state index in [4.69, 9.17) is 5.11 Å². The molecule has 0 aromatic rings. The summed E-state index contributed by atoms with van der Waals surface area (Å²) in [5.74, 6) is -1.84. The standard InChI is InChI=1S/C10H19NO6S2/c1-7(2)5-9(10(12)13)11-19(16,17)8-3-4-18(14,15)6-8/h7-9,11H,3-6H2,1-2H3,(H,12,13)/t8?,9-/m1/s1. The van der Waals surface area contributed by atoms with Crippen molar-refractivity contribution in [1.82, 2.24) is 4.72 Å². The van der Waals surface area contributed by atoms with Crippen molar-refractivity contribution >= 4 is 25.8 Å². The molecule has 19 heavy (non-hydrogen) atoms. The highest BCUT2D eigenvalue weighted by atomic mass is 32.2. The van der Waals surface area contributed by atoms with Gasteiger partial charge in [0.2, 0.25) is 10.0 Å². The van der Waals surface area contributed by atoms with Gasteiger partial charge in [0.1, 0.15) is 6.04 Å². The van der Waals surface area contributed by atoms with Gasteiger partial charge in [0.25, 0.3) is 0 Å². The Morgan fingerprint density at radius 3 is 2.37 bits per heavy atom. The number of hydrogen-bond acceptors (Lipinski definition) is 5. The molecule has 1 rings (SSSR count). The second-order valence-electron chi connectivity index (χ2n) is 5.21. The van der Waals surface area contributed by atoms with E-state index < -0.39 is 42.9 Å². The third-order valence-corrected chi connectivity index (χ3v) is 6.81. The molecule has 1 unspecified atom stereocenters. The Labute approximate surface area is 113 Å². The lowest BCUT2D eigenvalue weighted by Gasteiger charge is -2.18. The molecule has 1 aliphatic heterocycles. The number of aliphatic carboxylic acids is 1. The monoisotopic (exact) mass is 313 g/mol. The first-order chi connectivity index (χ1) is 8.53. The molecular weight excluding hydrogens is 294 g/mol. The fourth-order valence-electron chi connectivity index (χ4n) is 1.97. The van der Waals surface area contributed by atoms with Crippen LogP contribution in [0.15, 0.2) is 0 Å². The molecule has 2 atom stereocenters. The summed E-state index contributed by atoms with van der Waals surface area (Å²) in [7, 11) is -7.26. The van der Waals surface area contributed by atoms with E-state index >= 15 is 0 Å². The number of hydrogen-bond donors (Lipinski definition) is 2. The topological polar surface area (TPSA) is 118 Å². The van der Waals surface area contributed by atoms with Crippen LogP contribution in [-0.4, -0.2) is 50.7 Å². The number of carboxylic acid groups (broad SMARTS) is 1. The second-order valence-corrected chi connectivity index (χ2v) is 9.43. The zero-order chi connectivity index (χ0) is 14.8. The van der Waals surface area contributed by atoms with Gasteiger partial charge in [0.15, 0.2) is 9.84 Å². The van der Waals surface area contributed by atoms with Crippen molar-refractivity contribution in [1.29, 1.82) is 0 Å². The molecule has 0 saturated carbocycles. The van der Waals surface area contributed by atoms with Crippen molar-refractivity contribution in [3.05, 3.63) is 0 Å². The molecule has 1 saturated heterocycles. The largest absolute Gasteiger partial charge is 0.480 e. The average Bonchev–Trinajstić information content (AvgIpc) is 2.57. The van der Waals surface area contributed by atoms with Gasteiger partial charge in [-0.2, -0.15) is 0 Å². The summed E-state index contributed by atoms with van der Waals surface area (Å²) in [6, 6.07) is -1.21. The van der Waals surface area contributed by atoms with Crippen molar-refractivity contribution in [2.75, 3.05) is 11.5 Å². The van der Waals surface area contributed by atoms with Gasteiger partial charge in [-0.25, -0.2) is 21.6 Å². The molecule has 0 spiro atoms. The third kappa shape index (κ3) is 4.73. The number of sulfone groups is 1. The molecule has 0 bridgehead atoms. The molecule has 112 valence electrons. The molecule has 0 aliphatic carbocycles. The minimum atomic E-state index is -3.93. The van der Waals surface area contributed by atoms with E-state index in [2.05, 4.69) is 4.72 Å². The molecule has 7 nitrogen and oxygen atoms in total. The number of sulfonamides is 1. The van der Waals surface area contributed by atoms with Crippen LogP contribution < -0.4 is 4.72 Å². The Morgan fingerprint density at radius 2 is 2.00 bits per heavy atom. The summed E-state index contributed by atoms with van der Waals surface area (Å²) in [6.07, 6.45) is 0.180. The minimum absolute atomic E-state index is 0.0103. The Bertz CT molecular complexity index is 536. The van der Waals surface area contributed by atoms with Gasteiger partial charge in [0, 0.05) is 0 Å². The zero-order valence-electron chi connectivity index (χ0n) is 10.9.